The number of phenolic OH excluding ortho intramolecular Hbond substituents is 1. The number of carboxylic acid groups (broad SMARTS) is 1. The van der Waals surface area contributed by atoms with E-state index < -0.39 is 54.5 Å². The van der Waals surface area contributed by atoms with E-state index in [4.69, 9.17) is 5.73 Å². The zero-order valence-electron chi connectivity index (χ0n) is 16.2. The van der Waals surface area contributed by atoms with Gasteiger partial charge in [-0.05, 0) is 24.6 Å². The van der Waals surface area contributed by atoms with Crippen molar-refractivity contribution in [2.45, 2.75) is 37.6 Å². The minimum atomic E-state index is -1.36. The highest BCUT2D eigenvalue weighted by Gasteiger charge is 2.28. The fraction of sp³-hybridized carbons (Fsp3) is 0.444. The highest BCUT2D eigenvalue weighted by atomic mass is 32.1. The molecule has 0 aliphatic carbocycles. The summed E-state index contributed by atoms with van der Waals surface area (Å²) < 4.78 is 0. The van der Waals surface area contributed by atoms with Gasteiger partial charge in [-0.15, -0.1) is 0 Å². The molecule has 0 aliphatic heterocycles. The number of rotatable bonds is 11. The normalized spacial score (nSPS) is 14.7. The Bertz CT molecular complexity index is 757. The number of aliphatic carboxylic acids is 1. The Kier molecular flexibility index (Phi) is 10.1. The van der Waals surface area contributed by atoms with Crippen LogP contribution in [0.2, 0.25) is 0 Å². The summed E-state index contributed by atoms with van der Waals surface area (Å²) in [6.07, 6.45) is -1.31. The second-order valence-corrected chi connectivity index (χ2v) is 6.93. The van der Waals surface area contributed by atoms with Gasteiger partial charge >= 0.3 is 5.97 Å². The van der Waals surface area contributed by atoms with Crippen LogP contribution in [0.5, 0.6) is 5.75 Å². The summed E-state index contributed by atoms with van der Waals surface area (Å²) in [7, 11) is 0. The van der Waals surface area contributed by atoms with Crippen molar-refractivity contribution >= 4 is 36.3 Å². The van der Waals surface area contributed by atoms with Crippen LogP contribution >= 0.6 is 12.6 Å². The molecule has 0 bridgehead atoms. The van der Waals surface area contributed by atoms with Crippen LogP contribution in [-0.4, -0.2) is 75.5 Å². The topological polar surface area (TPSA) is 191 Å². The molecule has 1 aromatic carbocycles. The largest absolute Gasteiger partial charge is 0.508 e. The average molecular weight is 442 g/mol. The molecule has 1 aromatic rings. The third-order valence-corrected chi connectivity index (χ3v) is 4.42. The third-order valence-electron chi connectivity index (χ3n) is 4.03. The van der Waals surface area contributed by atoms with E-state index in [0.29, 0.717) is 5.56 Å². The van der Waals surface area contributed by atoms with Crippen LogP contribution in [0.1, 0.15) is 12.5 Å². The number of phenols is 1. The first-order valence-corrected chi connectivity index (χ1v) is 9.61. The molecular formula is C18H26N4O7S. The Morgan fingerprint density at radius 2 is 1.70 bits per heavy atom. The predicted octanol–water partition coefficient (Wildman–Crippen LogP) is -2.26. The third kappa shape index (κ3) is 8.27. The lowest BCUT2D eigenvalue weighted by Crippen LogP contribution is -2.57. The molecule has 0 saturated carbocycles. The number of carbonyl (C=O) groups excluding carboxylic acids is 3. The number of nitrogens with one attached hydrogen (secondary N) is 3. The van der Waals surface area contributed by atoms with Crippen molar-refractivity contribution in [2.75, 3.05) is 12.3 Å². The van der Waals surface area contributed by atoms with Crippen molar-refractivity contribution in [3.8, 4) is 5.75 Å². The average Bonchev–Trinajstić information content (AvgIpc) is 2.70. The quantitative estimate of drug-likeness (QED) is 0.176. The number of carbonyl (C=O) groups is 4. The second-order valence-electron chi connectivity index (χ2n) is 6.56. The number of hydrogen-bond acceptors (Lipinski definition) is 8. The van der Waals surface area contributed by atoms with Gasteiger partial charge in [0.15, 0.2) is 0 Å². The maximum Gasteiger partial charge on any atom is 0.326 e. The lowest BCUT2D eigenvalue weighted by Gasteiger charge is -2.22. The monoisotopic (exact) mass is 442 g/mol. The van der Waals surface area contributed by atoms with Gasteiger partial charge in [0.1, 0.15) is 17.8 Å². The van der Waals surface area contributed by atoms with Crippen molar-refractivity contribution in [2.24, 2.45) is 5.73 Å². The van der Waals surface area contributed by atoms with Gasteiger partial charge in [-0.3, -0.25) is 14.4 Å². The molecule has 4 unspecified atom stereocenters. The standard InChI is InChI=1S/C18H26N4O7S/c1-9(23)15(22-16(26)12(19)8-30)17(27)20-7-14(25)21-13(18(28)29)6-10-2-4-11(24)5-3-10/h2-5,9,12-13,15,23-24,30H,6-8,19H2,1H3,(H,20,27)(H,21,25)(H,22,26)(H,28,29). The zero-order chi connectivity index (χ0) is 22.8. The fourth-order valence-corrected chi connectivity index (χ4v) is 2.50. The minimum absolute atomic E-state index is 0.0208. The molecule has 166 valence electrons. The lowest BCUT2D eigenvalue weighted by atomic mass is 10.1. The predicted molar refractivity (Wildman–Crippen MR) is 110 cm³/mol. The van der Waals surface area contributed by atoms with Crippen LogP contribution in [0.3, 0.4) is 0 Å². The maximum absolute atomic E-state index is 12.2. The zero-order valence-corrected chi connectivity index (χ0v) is 17.1. The molecule has 0 heterocycles. The molecule has 0 fully saturated rings. The van der Waals surface area contributed by atoms with E-state index in [9.17, 15) is 34.5 Å². The molecular weight excluding hydrogens is 416 g/mol. The van der Waals surface area contributed by atoms with Gasteiger partial charge in [0.2, 0.25) is 17.7 Å². The van der Waals surface area contributed by atoms with E-state index >= 15 is 0 Å². The number of carboxylic acids is 1. The summed E-state index contributed by atoms with van der Waals surface area (Å²) in [5.41, 5.74) is 6.08. The highest BCUT2D eigenvalue weighted by Crippen LogP contribution is 2.11. The molecule has 0 saturated heterocycles. The first-order valence-electron chi connectivity index (χ1n) is 8.97. The van der Waals surface area contributed by atoms with Gasteiger partial charge in [-0.2, -0.15) is 12.6 Å². The summed E-state index contributed by atoms with van der Waals surface area (Å²) in [5.74, 6) is -3.55. The van der Waals surface area contributed by atoms with Gasteiger partial charge in [-0.1, -0.05) is 12.1 Å². The number of amides is 3. The number of benzene rings is 1. The fourth-order valence-electron chi connectivity index (χ4n) is 2.34. The Labute approximate surface area is 178 Å². The number of aromatic hydroxyl groups is 1. The van der Waals surface area contributed by atoms with E-state index in [1.165, 1.54) is 31.2 Å². The van der Waals surface area contributed by atoms with E-state index in [2.05, 4.69) is 28.6 Å². The highest BCUT2D eigenvalue weighted by molar-refractivity contribution is 7.80. The number of aliphatic hydroxyl groups excluding tert-OH is 1. The van der Waals surface area contributed by atoms with Crippen molar-refractivity contribution < 1.29 is 34.5 Å². The molecule has 0 spiro atoms. The van der Waals surface area contributed by atoms with Gasteiger partial charge in [0.05, 0.1) is 18.7 Å². The number of hydrogen-bond donors (Lipinski definition) is 8. The van der Waals surface area contributed by atoms with Crippen LogP contribution in [0.25, 0.3) is 0 Å². The van der Waals surface area contributed by atoms with E-state index in [1.807, 2.05) is 0 Å². The molecule has 0 aromatic heterocycles. The van der Waals surface area contributed by atoms with E-state index in [-0.39, 0.29) is 17.9 Å². The van der Waals surface area contributed by atoms with Crippen molar-refractivity contribution in [1.29, 1.82) is 0 Å². The van der Waals surface area contributed by atoms with E-state index in [0.717, 1.165) is 0 Å². The Hall–Kier alpha value is -2.83. The molecule has 0 aliphatic rings. The summed E-state index contributed by atoms with van der Waals surface area (Å²) >= 11 is 3.88. The number of aliphatic hydroxyl groups is 1. The minimum Gasteiger partial charge on any atom is -0.508 e. The smallest absolute Gasteiger partial charge is 0.326 e. The van der Waals surface area contributed by atoms with Crippen LogP contribution < -0.4 is 21.7 Å². The van der Waals surface area contributed by atoms with Crippen LogP contribution in [0.15, 0.2) is 24.3 Å². The van der Waals surface area contributed by atoms with E-state index in [1.54, 1.807) is 0 Å². The van der Waals surface area contributed by atoms with Gasteiger partial charge < -0.3 is 37.0 Å². The lowest BCUT2D eigenvalue weighted by molar-refractivity contribution is -0.141. The molecule has 8 N–H and O–H groups in total. The second kappa shape index (κ2) is 12.0. The maximum atomic E-state index is 12.2. The Morgan fingerprint density at radius 3 is 2.20 bits per heavy atom. The summed E-state index contributed by atoms with van der Waals surface area (Å²) in [6.45, 7) is 0.699. The molecule has 4 atom stereocenters. The van der Waals surface area contributed by atoms with Crippen LogP contribution in [0.4, 0.5) is 0 Å². The van der Waals surface area contributed by atoms with Crippen molar-refractivity contribution in [3.05, 3.63) is 29.8 Å². The first kappa shape index (κ1) is 25.2. The van der Waals surface area contributed by atoms with Gasteiger partial charge in [-0.25, -0.2) is 4.79 Å². The summed E-state index contributed by atoms with van der Waals surface area (Å²) in [5, 5.41) is 35.1. The van der Waals surface area contributed by atoms with Gasteiger partial charge in [0, 0.05) is 12.2 Å². The Morgan fingerprint density at radius 1 is 1.10 bits per heavy atom. The molecule has 30 heavy (non-hydrogen) atoms. The first-order chi connectivity index (χ1) is 14.0. The number of nitrogens with two attached hydrogens (primary N) is 1. The molecule has 1 rings (SSSR count). The van der Waals surface area contributed by atoms with Gasteiger partial charge in [0.25, 0.3) is 0 Å². The SMILES string of the molecule is CC(O)C(NC(=O)C(N)CS)C(=O)NCC(=O)NC(Cc1ccc(O)cc1)C(=O)O. The van der Waals surface area contributed by atoms with Crippen molar-refractivity contribution in [1.82, 2.24) is 16.0 Å². The van der Waals surface area contributed by atoms with Crippen LogP contribution in [0, 0.1) is 0 Å². The Balaban J connectivity index is 2.64. The molecule has 3 amide bonds. The summed E-state index contributed by atoms with van der Waals surface area (Å²) in [4.78, 5) is 47.5. The molecule has 0 radical (unpaired) electrons. The molecule has 11 nitrogen and oxygen atoms in total. The van der Waals surface area contributed by atoms with Crippen molar-refractivity contribution in [3.63, 3.8) is 0 Å². The summed E-state index contributed by atoms with van der Waals surface area (Å²) in [6, 6.07) is 2.21. The number of thiol groups is 1. The van der Waals surface area contributed by atoms with Crippen LogP contribution in [-0.2, 0) is 25.6 Å². The molecule has 12 heteroatoms.